The van der Waals surface area contributed by atoms with Gasteiger partial charge in [0.1, 0.15) is 0 Å². The fraction of sp³-hybridized carbons (Fsp3) is 0.273. The number of rotatable bonds is 6. The summed E-state index contributed by atoms with van der Waals surface area (Å²) in [5.41, 5.74) is 0.796. The maximum Gasteiger partial charge on any atom is 0.334 e. The van der Waals surface area contributed by atoms with E-state index >= 15 is 0 Å². The van der Waals surface area contributed by atoms with Crippen LogP contribution in [0.3, 0.4) is 0 Å². The lowest BCUT2D eigenvalue weighted by Crippen LogP contribution is -2.51. The minimum Gasteiger partial charge on any atom is -0.480 e. The van der Waals surface area contributed by atoms with Crippen LogP contribution in [-0.4, -0.2) is 47.8 Å². The molecule has 0 radical (unpaired) electrons. The van der Waals surface area contributed by atoms with Gasteiger partial charge in [-0.1, -0.05) is 17.7 Å². The molecule has 0 unspecified atom stereocenters. The van der Waals surface area contributed by atoms with E-state index in [1.165, 1.54) is 24.3 Å². The fourth-order valence-electron chi connectivity index (χ4n) is 1.35. The number of aliphatic hydroxyl groups excluding tert-OH is 1. The zero-order chi connectivity index (χ0) is 15.5. The number of carboxylic acid groups (broad SMARTS) is 2. The number of carboxylic acids is 2. The van der Waals surface area contributed by atoms with Gasteiger partial charge in [-0.05, 0) is 19.1 Å². The molecule has 2 atom stereocenters. The average molecular weight is 303 g/mol. The molecule has 0 heterocycles. The van der Waals surface area contributed by atoms with Gasteiger partial charge in [-0.2, -0.15) is 4.72 Å². The third-order valence-electron chi connectivity index (χ3n) is 2.45. The molecule has 0 amide bonds. The number of aryl methyl sites for hydroxylation is 1. The smallest absolute Gasteiger partial charge is 0.334 e. The lowest BCUT2D eigenvalue weighted by atomic mass is 10.2. The summed E-state index contributed by atoms with van der Waals surface area (Å²) in [6.45, 7) is 1.73. The summed E-state index contributed by atoms with van der Waals surface area (Å²) in [6, 6.07) is 3.29. The first-order valence-electron chi connectivity index (χ1n) is 5.38. The van der Waals surface area contributed by atoms with Crippen molar-refractivity contribution < 1.29 is 33.3 Å². The van der Waals surface area contributed by atoms with Crippen molar-refractivity contribution in [1.82, 2.24) is 4.72 Å². The van der Waals surface area contributed by atoms with Crippen LogP contribution in [0, 0.1) is 6.92 Å². The molecule has 0 saturated carbocycles. The Morgan fingerprint density at radius 1 is 1.10 bits per heavy atom. The van der Waals surface area contributed by atoms with Crippen molar-refractivity contribution >= 4 is 22.0 Å². The summed E-state index contributed by atoms with van der Waals surface area (Å²) in [6.07, 6.45) is -2.40. The summed E-state index contributed by atoms with van der Waals surface area (Å²) in [7, 11) is -4.25. The molecule has 0 bridgehead atoms. The van der Waals surface area contributed by atoms with E-state index in [0.717, 1.165) is 5.56 Å². The minimum atomic E-state index is -4.25. The van der Waals surface area contributed by atoms with E-state index in [1.54, 1.807) is 11.6 Å². The Hall–Kier alpha value is -1.97. The zero-order valence-corrected chi connectivity index (χ0v) is 11.2. The Labute approximate surface area is 114 Å². The highest BCUT2D eigenvalue weighted by Gasteiger charge is 2.35. The van der Waals surface area contributed by atoms with Crippen molar-refractivity contribution in [1.29, 1.82) is 0 Å². The molecule has 8 nitrogen and oxygen atoms in total. The Kier molecular flexibility index (Phi) is 4.82. The lowest BCUT2D eigenvalue weighted by molar-refractivity contribution is -0.155. The van der Waals surface area contributed by atoms with E-state index < -0.39 is 34.1 Å². The van der Waals surface area contributed by atoms with Crippen LogP contribution in [0.2, 0.25) is 0 Å². The van der Waals surface area contributed by atoms with Crippen molar-refractivity contribution in [3.05, 3.63) is 29.8 Å². The third-order valence-corrected chi connectivity index (χ3v) is 3.91. The summed E-state index contributed by atoms with van der Waals surface area (Å²) in [5, 5.41) is 26.6. The van der Waals surface area contributed by atoms with E-state index in [0.29, 0.717) is 0 Å². The first-order valence-corrected chi connectivity index (χ1v) is 6.86. The SMILES string of the molecule is Cc1ccc(S(=O)(=O)N[C@@H](C(=O)O)[C@@H](O)C(=O)O)cc1. The largest absolute Gasteiger partial charge is 0.480 e. The highest BCUT2D eigenvalue weighted by molar-refractivity contribution is 7.89. The Bertz CT molecular complexity index is 608. The molecule has 0 saturated heterocycles. The van der Waals surface area contributed by atoms with E-state index in [4.69, 9.17) is 10.2 Å². The average Bonchev–Trinajstić information content (AvgIpc) is 2.35. The number of hydrogen-bond donors (Lipinski definition) is 4. The van der Waals surface area contributed by atoms with Crippen molar-refractivity contribution in [2.24, 2.45) is 0 Å². The number of nitrogens with one attached hydrogen (secondary N) is 1. The number of sulfonamides is 1. The second-order valence-electron chi connectivity index (χ2n) is 4.03. The summed E-state index contributed by atoms with van der Waals surface area (Å²) in [4.78, 5) is 21.2. The highest BCUT2D eigenvalue weighted by atomic mass is 32.2. The Morgan fingerprint density at radius 2 is 1.60 bits per heavy atom. The molecule has 1 aromatic rings. The van der Waals surface area contributed by atoms with Gasteiger partial charge in [0.25, 0.3) is 0 Å². The number of hydrogen-bond acceptors (Lipinski definition) is 5. The van der Waals surface area contributed by atoms with Gasteiger partial charge >= 0.3 is 11.9 Å². The topological polar surface area (TPSA) is 141 Å². The molecule has 0 aliphatic carbocycles. The zero-order valence-electron chi connectivity index (χ0n) is 10.3. The van der Waals surface area contributed by atoms with Crippen molar-refractivity contribution in [3.63, 3.8) is 0 Å². The monoisotopic (exact) mass is 303 g/mol. The quantitative estimate of drug-likeness (QED) is 0.537. The maximum atomic E-state index is 11.9. The van der Waals surface area contributed by atoms with Gasteiger partial charge in [-0.15, -0.1) is 0 Å². The van der Waals surface area contributed by atoms with Gasteiger partial charge in [0, 0.05) is 0 Å². The third kappa shape index (κ3) is 3.76. The molecule has 4 N–H and O–H groups in total. The molecule has 1 rings (SSSR count). The van der Waals surface area contributed by atoms with Crippen molar-refractivity contribution in [2.75, 3.05) is 0 Å². The summed E-state index contributed by atoms with van der Waals surface area (Å²) >= 11 is 0. The van der Waals surface area contributed by atoms with Crippen LogP contribution in [0.1, 0.15) is 5.56 Å². The minimum absolute atomic E-state index is 0.230. The summed E-state index contributed by atoms with van der Waals surface area (Å²) in [5.74, 6) is -3.64. The normalized spacial score (nSPS) is 14.5. The van der Waals surface area contributed by atoms with Gasteiger partial charge < -0.3 is 15.3 Å². The molecule has 9 heteroatoms. The molecular weight excluding hydrogens is 290 g/mol. The van der Waals surface area contributed by atoms with Crippen LogP contribution in [0.25, 0.3) is 0 Å². The summed E-state index contributed by atoms with van der Waals surface area (Å²) < 4.78 is 25.5. The molecule has 0 aliphatic heterocycles. The van der Waals surface area contributed by atoms with E-state index in [1.807, 2.05) is 0 Å². The number of aliphatic carboxylic acids is 2. The van der Waals surface area contributed by atoms with Gasteiger partial charge in [0.05, 0.1) is 4.90 Å². The standard InChI is InChI=1S/C11H13NO7S/c1-6-2-4-7(5-3-6)20(18,19)12-8(10(14)15)9(13)11(16)17/h2-5,8-9,12-13H,1H3,(H,14,15)(H,16,17)/t8-,9-/m1/s1. The van der Waals surface area contributed by atoms with Gasteiger partial charge in [-0.3, -0.25) is 4.79 Å². The fourth-order valence-corrected chi connectivity index (χ4v) is 2.54. The Morgan fingerprint density at radius 3 is 2.00 bits per heavy atom. The van der Waals surface area contributed by atoms with Crippen LogP contribution >= 0.6 is 0 Å². The van der Waals surface area contributed by atoms with Crippen molar-refractivity contribution in [2.45, 2.75) is 24.0 Å². The molecule has 20 heavy (non-hydrogen) atoms. The van der Waals surface area contributed by atoms with Gasteiger partial charge in [0.15, 0.2) is 12.1 Å². The number of aliphatic hydroxyl groups is 1. The second-order valence-corrected chi connectivity index (χ2v) is 5.75. The first-order chi connectivity index (χ1) is 9.15. The molecule has 1 aromatic carbocycles. The predicted octanol–water partition coefficient (Wildman–Crippen LogP) is -0.828. The van der Waals surface area contributed by atoms with E-state index in [2.05, 4.69) is 0 Å². The molecule has 0 fully saturated rings. The molecule has 0 aliphatic rings. The second kappa shape index (κ2) is 5.99. The van der Waals surface area contributed by atoms with Crippen LogP contribution < -0.4 is 4.72 Å². The van der Waals surface area contributed by atoms with Crippen LogP contribution in [0.4, 0.5) is 0 Å². The predicted molar refractivity (Wildman–Crippen MR) is 66.6 cm³/mol. The molecular formula is C11H13NO7S. The highest BCUT2D eigenvalue weighted by Crippen LogP contribution is 2.11. The number of carbonyl (C=O) groups is 2. The van der Waals surface area contributed by atoms with Crippen molar-refractivity contribution in [3.8, 4) is 0 Å². The van der Waals surface area contributed by atoms with E-state index in [-0.39, 0.29) is 4.90 Å². The van der Waals surface area contributed by atoms with Crippen LogP contribution in [-0.2, 0) is 19.6 Å². The van der Waals surface area contributed by atoms with Crippen LogP contribution in [0.5, 0.6) is 0 Å². The molecule has 0 aromatic heterocycles. The van der Waals surface area contributed by atoms with Gasteiger partial charge in [0.2, 0.25) is 10.0 Å². The Balaban J connectivity index is 3.06. The first kappa shape index (κ1) is 16.1. The van der Waals surface area contributed by atoms with Crippen LogP contribution in [0.15, 0.2) is 29.2 Å². The number of benzene rings is 1. The molecule has 110 valence electrons. The molecule has 0 spiro atoms. The maximum absolute atomic E-state index is 11.9. The lowest BCUT2D eigenvalue weighted by Gasteiger charge is -2.17. The van der Waals surface area contributed by atoms with Gasteiger partial charge in [-0.25, -0.2) is 13.2 Å². The van der Waals surface area contributed by atoms with E-state index in [9.17, 15) is 23.1 Å².